The summed E-state index contributed by atoms with van der Waals surface area (Å²) in [6.45, 7) is 0.631. The Bertz CT molecular complexity index is 704. The molecule has 2 unspecified atom stereocenters. The van der Waals surface area contributed by atoms with Crippen molar-refractivity contribution < 1.29 is 24.4 Å². The summed E-state index contributed by atoms with van der Waals surface area (Å²) in [6, 6.07) is 3.79. The molecule has 1 aliphatic carbocycles. The first-order valence-corrected chi connectivity index (χ1v) is 7.93. The van der Waals surface area contributed by atoms with Crippen LogP contribution in [0.4, 0.5) is 0 Å². The van der Waals surface area contributed by atoms with Gasteiger partial charge in [0.15, 0.2) is 11.5 Å². The van der Waals surface area contributed by atoms with Crippen LogP contribution in [0.15, 0.2) is 24.3 Å². The van der Waals surface area contributed by atoms with Crippen LogP contribution in [0.25, 0.3) is 0 Å². The van der Waals surface area contributed by atoms with Crippen LogP contribution in [0.1, 0.15) is 23.8 Å². The highest BCUT2D eigenvalue weighted by Crippen LogP contribution is 2.56. The van der Waals surface area contributed by atoms with Crippen molar-refractivity contribution in [2.24, 2.45) is 0 Å². The van der Waals surface area contributed by atoms with Gasteiger partial charge in [0, 0.05) is 25.3 Å². The highest BCUT2D eigenvalue weighted by atomic mass is 16.7. The summed E-state index contributed by atoms with van der Waals surface area (Å²) in [7, 11) is 1.69. The van der Waals surface area contributed by atoms with E-state index in [2.05, 4.69) is 6.08 Å². The second-order valence-corrected chi connectivity index (χ2v) is 6.70. The third-order valence-corrected chi connectivity index (χ3v) is 5.84. The average Bonchev–Trinajstić information content (AvgIpc) is 3.12. The van der Waals surface area contributed by atoms with Gasteiger partial charge in [-0.2, -0.15) is 0 Å². The smallest absolute Gasteiger partial charge is 0.231 e. The average molecular weight is 317 g/mol. The number of ether oxygens (including phenoxy) is 3. The number of fused-ring (bicyclic) bond motifs is 2. The summed E-state index contributed by atoms with van der Waals surface area (Å²) in [6.07, 6.45) is 3.51. The van der Waals surface area contributed by atoms with Crippen molar-refractivity contribution >= 4 is 0 Å². The first kappa shape index (κ1) is 13.8. The maximum atomic E-state index is 10.8. The van der Waals surface area contributed by atoms with Crippen molar-refractivity contribution in [1.82, 2.24) is 4.90 Å². The highest BCUT2D eigenvalue weighted by molar-refractivity contribution is 5.57. The number of benzene rings is 1. The molecule has 4 aliphatic rings. The minimum absolute atomic E-state index is 0.00341. The van der Waals surface area contributed by atoms with Crippen LogP contribution in [-0.4, -0.2) is 53.8 Å². The molecule has 6 nitrogen and oxygen atoms in total. The quantitative estimate of drug-likeness (QED) is 0.742. The maximum Gasteiger partial charge on any atom is 0.231 e. The van der Waals surface area contributed by atoms with Gasteiger partial charge in [0.2, 0.25) is 6.79 Å². The van der Waals surface area contributed by atoms with Crippen molar-refractivity contribution in [3.8, 4) is 11.5 Å². The molecular weight excluding hydrogens is 298 g/mol. The minimum Gasteiger partial charge on any atom is -0.454 e. The summed E-state index contributed by atoms with van der Waals surface area (Å²) < 4.78 is 16.4. The molecule has 3 aliphatic heterocycles. The van der Waals surface area contributed by atoms with Gasteiger partial charge < -0.3 is 24.4 Å². The molecule has 6 atom stereocenters. The van der Waals surface area contributed by atoms with E-state index in [0.29, 0.717) is 18.0 Å². The molecule has 2 bridgehead atoms. The van der Waals surface area contributed by atoms with E-state index in [-0.39, 0.29) is 18.9 Å². The van der Waals surface area contributed by atoms with Gasteiger partial charge in [-0.15, -0.1) is 0 Å². The Morgan fingerprint density at radius 3 is 2.83 bits per heavy atom. The zero-order valence-electron chi connectivity index (χ0n) is 12.8. The van der Waals surface area contributed by atoms with E-state index in [1.807, 2.05) is 23.1 Å². The fourth-order valence-electron chi connectivity index (χ4n) is 4.71. The summed E-state index contributed by atoms with van der Waals surface area (Å²) in [5.74, 6) is 1.33. The fraction of sp³-hybridized carbons (Fsp3) is 0.529. The van der Waals surface area contributed by atoms with Gasteiger partial charge in [0.05, 0.1) is 17.6 Å². The summed E-state index contributed by atoms with van der Waals surface area (Å²) >= 11 is 0. The number of hydrogen-bond donors (Lipinski definition) is 2. The standard InChI is InChI=1S/C17H19NO5/c1-21-9-2-3-17-11-6-13-12(22-8-23-13)5-10(11)16(20)18(7-15(17)19)14(17)4-9/h2-3,5-6,9,14-16,19-20H,4,7-8H2,1H3/t9-,14-,15+,16?,17+/m0/s1. The third kappa shape index (κ3) is 1.57. The lowest BCUT2D eigenvalue weighted by Crippen LogP contribution is -2.53. The monoisotopic (exact) mass is 317 g/mol. The minimum atomic E-state index is -0.751. The lowest BCUT2D eigenvalue weighted by molar-refractivity contribution is -0.0399. The Kier molecular flexibility index (Phi) is 2.69. The molecule has 6 heteroatoms. The molecule has 122 valence electrons. The zero-order chi connectivity index (χ0) is 15.8. The predicted octanol–water partition coefficient (Wildman–Crippen LogP) is 0.678. The molecule has 1 aromatic rings. The van der Waals surface area contributed by atoms with Gasteiger partial charge in [-0.1, -0.05) is 12.2 Å². The van der Waals surface area contributed by atoms with Gasteiger partial charge in [0.1, 0.15) is 6.23 Å². The van der Waals surface area contributed by atoms with Crippen LogP contribution in [-0.2, 0) is 10.2 Å². The van der Waals surface area contributed by atoms with E-state index in [9.17, 15) is 10.2 Å². The predicted molar refractivity (Wildman–Crippen MR) is 80.3 cm³/mol. The highest BCUT2D eigenvalue weighted by Gasteiger charge is 2.61. The first-order chi connectivity index (χ1) is 11.1. The Morgan fingerprint density at radius 2 is 2.04 bits per heavy atom. The number of aliphatic hydroxyl groups is 2. The fourth-order valence-corrected chi connectivity index (χ4v) is 4.71. The van der Waals surface area contributed by atoms with Crippen molar-refractivity contribution in [3.63, 3.8) is 0 Å². The third-order valence-electron chi connectivity index (χ3n) is 5.84. The second kappa shape index (κ2) is 4.48. The molecule has 2 N–H and O–H groups in total. The van der Waals surface area contributed by atoms with Crippen LogP contribution in [0.3, 0.4) is 0 Å². The molecule has 0 aromatic heterocycles. The Hall–Kier alpha value is -1.60. The SMILES string of the molecule is CO[C@H]1C=C[C@]23c4cc5c(cc4C(O)N(C[C@H]2O)[C@H]3C1)OCO5. The van der Waals surface area contributed by atoms with Gasteiger partial charge in [-0.25, -0.2) is 0 Å². The molecule has 3 heterocycles. The summed E-state index contributed by atoms with van der Waals surface area (Å²) in [5, 5.41) is 21.7. The van der Waals surface area contributed by atoms with Crippen LogP contribution in [0, 0.1) is 0 Å². The van der Waals surface area contributed by atoms with Crippen molar-refractivity contribution in [3.05, 3.63) is 35.4 Å². The van der Waals surface area contributed by atoms with E-state index in [1.54, 1.807) is 7.11 Å². The molecule has 0 amide bonds. The zero-order valence-corrected chi connectivity index (χ0v) is 12.8. The van der Waals surface area contributed by atoms with Gasteiger partial charge in [0.25, 0.3) is 0 Å². The Balaban J connectivity index is 1.75. The molecule has 1 saturated heterocycles. The van der Waals surface area contributed by atoms with Crippen molar-refractivity contribution in [1.29, 1.82) is 0 Å². The van der Waals surface area contributed by atoms with E-state index >= 15 is 0 Å². The number of methoxy groups -OCH3 is 1. The largest absolute Gasteiger partial charge is 0.454 e. The summed E-state index contributed by atoms with van der Waals surface area (Å²) in [5.41, 5.74) is 1.21. The molecule has 5 rings (SSSR count). The first-order valence-electron chi connectivity index (χ1n) is 7.93. The topological polar surface area (TPSA) is 71.4 Å². The number of aliphatic hydroxyl groups excluding tert-OH is 2. The van der Waals surface area contributed by atoms with Crippen molar-refractivity contribution in [2.45, 2.75) is 36.3 Å². The van der Waals surface area contributed by atoms with Gasteiger partial charge in [-0.05, 0) is 24.1 Å². The lowest BCUT2D eigenvalue weighted by atomic mass is 9.65. The molecular formula is C17H19NO5. The molecule has 1 aromatic carbocycles. The van der Waals surface area contributed by atoms with E-state index in [0.717, 1.165) is 17.5 Å². The molecule has 23 heavy (non-hydrogen) atoms. The van der Waals surface area contributed by atoms with Gasteiger partial charge in [-0.3, -0.25) is 4.90 Å². The van der Waals surface area contributed by atoms with Crippen LogP contribution >= 0.6 is 0 Å². The van der Waals surface area contributed by atoms with Crippen molar-refractivity contribution in [2.75, 3.05) is 20.4 Å². The van der Waals surface area contributed by atoms with E-state index in [1.165, 1.54) is 0 Å². The summed E-state index contributed by atoms with van der Waals surface area (Å²) in [4.78, 5) is 1.98. The Morgan fingerprint density at radius 1 is 1.26 bits per heavy atom. The van der Waals surface area contributed by atoms with Crippen LogP contribution < -0.4 is 9.47 Å². The lowest BCUT2D eigenvalue weighted by Gasteiger charge is -2.48. The number of hydrogen-bond acceptors (Lipinski definition) is 6. The van der Waals surface area contributed by atoms with E-state index in [4.69, 9.17) is 14.2 Å². The van der Waals surface area contributed by atoms with Gasteiger partial charge >= 0.3 is 0 Å². The van der Waals surface area contributed by atoms with Crippen LogP contribution in [0.5, 0.6) is 11.5 Å². The molecule has 0 saturated carbocycles. The number of nitrogens with zero attached hydrogens (tertiary/aromatic N) is 1. The maximum absolute atomic E-state index is 10.8. The second-order valence-electron chi connectivity index (χ2n) is 6.70. The molecule has 0 spiro atoms. The number of rotatable bonds is 1. The van der Waals surface area contributed by atoms with E-state index < -0.39 is 17.7 Å². The normalized spacial score (nSPS) is 42.5. The molecule has 0 radical (unpaired) electrons. The van der Waals surface area contributed by atoms with Crippen LogP contribution in [0.2, 0.25) is 0 Å². The Labute approximate surface area is 133 Å². The molecule has 1 fully saturated rings.